The van der Waals surface area contributed by atoms with Gasteiger partial charge in [0.25, 0.3) is 5.91 Å². The quantitative estimate of drug-likeness (QED) is 0.684. The molecule has 3 aromatic rings. The molecule has 28 heavy (non-hydrogen) atoms. The Kier molecular flexibility index (Phi) is 5.34. The minimum Gasteiger partial charge on any atom is -0.456 e. The third-order valence-electron chi connectivity index (χ3n) is 4.93. The standard InChI is InChI=1S/C21H23N5O2/c1-24-10-9-23-20(24)16-25-11-13-26(14-12-25)21(27)18-15-22-8-7-19(18)28-17-5-3-2-4-6-17/h2-10,15H,11-14,16H2,1H3. The van der Waals surface area contributed by atoms with Crippen LogP contribution in [0.1, 0.15) is 16.2 Å². The Morgan fingerprint density at radius 3 is 2.57 bits per heavy atom. The van der Waals surface area contributed by atoms with Crippen molar-refractivity contribution >= 4 is 5.91 Å². The van der Waals surface area contributed by atoms with Gasteiger partial charge in [-0.05, 0) is 18.2 Å². The second-order valence-corrected chi connectivity index (χ2v) is 6.81. The number of nitrogens with zero attached hydrogens (tertiary/aromatic N) is 5. The second-order valence-electron chi connectivity index (χ2n) is 6.81. The molecular formula is C21H23N5O2. The zero-order chi connectivity index (χ0) is 19.3. The average Bonchev–Trinajstić information content (AvgIpc) is 3.14. The molecule has 1 aromatic carbocycles. The van der Waals surface area contributed by atoms with Gasteiger partial charge in [-0.1, -0.05) is 18.2 Å². The Hall–Kier alpha value is -3.19. The van der Waals surface area contributed by atoms with Gasteiger partial charge in [-0.15, -0.1) is 0 Å². The summed E-state index contributed by atoms with van der Waals surface area (Å²) in [6.07, 6.45) is 6.98. The number of carbonyl (C=O) groups is 1. The Labute approximate surface area is 164 Å². The predicted octanol–water partition coefficient (Wildman–Crippen LogP) is 2.57. The lowest BCUT2D eigenvalue weighted by Crippen LogP contribution is -2.48. The van der Waals surface area contributed by atoms with Crippen molar-refractivity contribution in [3.63, 3.8) is 0 Å². The molecule has 7 heteroatoms. The van der Waals surface area contributed by atoms with E-state index < -0.39 is 0 Å². The lowest BCUT2D eigenvalue weighted by atomic mass is 10.2. The van der Waals surface area contributed by atoms with Crippen LogP contribution in [-0.4, -0.2) is 56.4 Å². The highest BCUT2D eigenvalue weighted by Crippen LogP contribution is 2.25. The first-order valence-corrected chi connectivity index (χ1v) is 9.35. The number of rotatable bonds is 5. The van der Waals surface area contributed by atoms with Crippen LogP contribution in [0.25, 0.3) is 0 Å². The van der Waals surface area contributed by atoms with Crippen LogP contribution in [0, 0.1) is 0 Å². The molecule has 3 heterocycles. The summed E-state index contributed by atoms with van der Waals surface area (Å²) >= 11 is 0. The fourth-order valence-corrected chi connectivity index (χ4v) is 3.28. The molecule has 0 aliphatic carbocycles. The third kappa shape index (κ3) is 4.04. The Morgan fingerprint density at radius 1 is 1.07 bits per heavy atom. The van der Waals surface area contributed by atoms with Crippen LogP contribution in [0.15, 0.2) is 61.2 Å². The highest BCUT2D eigenvalue weighted by atomic mass is 16.5. The first-order valence-electron chi connectivity index (χ1n) is 9.35. The van der Waals surface area contributed by atoms with Gasteiger partial charge in [0.05, 0.1) is 6.54 Å². The zero-order valence-electron chi connectivity index (χ0n) is 15.9. The number of aromatic nitrogens is 3. The predicted molar refractivity (Wildman–Crippen MR) is 105 cm³/mol. The van der Waals surface area contributed by atoms with E-state index in [0.717, 1.165) is 25.5 Å². The van der Waals surface area contributed by atoms with E-state index in [-0.39, 0.29) is 5.91 Å². The van der Waals surface area contributed by atoms with Gasteiger partial charge in [-0.25, -0.2) is 4.98 Å². The summed E-state index contributed by atoms with van der Waals surface area (Å²) in [4.78, 5) is 25.7. The number of imidazole rings is 1. The van der Waals surface area contributed by atoms with Crippen molar-refractivity contribution in [3.8, 4) is 11.5 Å². The number of aryl methyl sites for hydroxylation is 1. The summed E-state index contributed by atoms with van der Waals surface area (Å²) in [7, 11) is 2.00. The maximum absolute atomic E-state index is 13.1. The van der Waals surface area contributed by atoms with Gasteiger partial charge in [-0.2, -0.15) is 0 Å². The van der Waals surface area contributed by atoms with E-state index in [2.05, 4.69) is 14.9 Å². The fraction of sp³-hybridized carbons (Fsp3) is 0.286. The molecule has 1 amide bonds. The van der Waals surface area contributed by atoms with Gasteiger partial charge in [0.1, 0.15) is 22.9 Å². The minimum atomic E-state index is -0.0457. The summed E-state index contributed by atoms with van der Waals surface area (Å²) in [5.41, 5.74) is 0.490. The molecule has 1 aliphatic rings. The molecule has 4 rings (SSSR count). The highest BCUT2D eigenvalue weighted by molar-refractivity contribution is 5.96. The molecule has 0 atom stereocenters. The number of para-hydroxylation sites is 1. The number of piperazine rings is 1. The first-order chi connectivity index (χ1) is 13.7. The molecule has 1 aliphatic heterocycles. The minimum absolute atomic E-state index is 0.0457. The van der Waals surface area contributed by atoms with E-state index in [1.54, 1.807) is 18.5 Å². The van der Waals surface area contributed by atoms with Crippen molar-refractivity contribution in [1.82, 2.24) is 24.3 Å². The van der Waals surface area contributed by atoms with E-state index in [0.29, 0.717) is 30.2 Å². The molecule has 1 saturated heterocycles. The molecule has 0 saturated carbocycles. The summed E-state index contributed by atoms with van der Waals surface area (Å²) < 4.78 is 7.95. The van der Waals surface area contributed by atoms with E-state index in [1.807, 2.05) is 59.2 Å². The van der Waals surface area contributed by atoms with E-state index in [4.69, 9.17) is 4.74 Å². The molecule has 0 N–H and O–H groups in total. The van der Waals surface area contributed by atoms with Crippen molar-refractivity contribution < 1.29 is 9.53 Å². The number of amides is 1. The molecule has 0 unspecified atom stereocenters. The molecule has 144 valence electrons. The normalized spacial score (nSPS) is 14.8. The van der Waals surface area contributed by atoms with Gasteiger partial charge in [0.15, 0.2) is 0 Å². The Bertz CT molecular complexity index is 933. The first kappa shape index (κ1) is 18.2. The van der Waals surface area contributed by atoms with Gasteiger partial charge < -0.3 is 14.2 Å². The molecule has 0 radical (unpaired) electrons. The molecule has 1 fully saturated rings. The Morgan fingerprint density at radius 2 is 1.86 bits per heavy atom. The number of carbonyl (C=O) groups excluding carboxylic acids is 1. The lowest BCUT2D eigenvalue weighted by molar-refractivity contribution is 0.0621. The third-order valence-corrected chi connectivity index (χ3v) is 4.93. The topological polar surface area (TPSA) is 63.5 Å². The average molecular weight is 377 g/mol. The van der Waals surface area contributed by atoms with Crippen molar-refractivity contribution in [2.45, 2.75) is 6.54 Å². The number of benzene rings is 1. The van der Waals surface area contributed by atoms with Gasteiger partial charge in [0.2, 0.25) is 0 Å². The van der Waals surface area contributed by atoms with E-state index in [1.165, 1.54) is 0 Å². The summed E-state index contributed by atoms with van der Waals surface area (Å²) in [5, 5.41) is 0. The highest BCUT2D eigenvalue weighted by Gasteiger charge is 2.25. The van der Waals surface area contributed by atoms with Crippen LogP contribution in [0.4, 0.5) is 0 Å². The van der Waals surface area contributed by atoms with Gasteiger partial charge in [-0.3, -0.25) is 14.7 Å². The van der Waals surface area contributed by atoms with Crippen molar-refractivity contribution in [2.75, 3.05) is 26.2 Å². The fourth-order valence-electron chi connectivity index (χ4n) is 3.28. The van der Waals surface area contributed by atoms with Crippen LogP contribution in [-0.2, 0) is 13.6 Å². The number of hydrogen-bond acceptors (Lipinski definition) is 5. The van der Waals surface area contributed by atoms with E-state index in [9.17, 15) is 4.79 Å². The van der Waals surface area contributed by atoms with Crippen molar-refractivity contribution in [1.29, 1.82) is 0 Å². The molecule has 0 spiro atoms. The lowest BCUT2D eigenvalue weighted by Gasteiger charge is -2.34. The molecule has 0 bridgehead atoms. The van der Waals surface area contributed by atoms with Crippen molar-refractivity contribution in [2.24, 2.45) is 7.05 Å². The van der Waals surface area contributed by atoms with Crippen LogP contribution in [0.5, 0.6) is 11.5 Å². The monoisotopic (exact) mass is 377 g/mol. The summed E-state index contributed by atoms with van der Waals surface area (Å²) in [6, 6.07) is 11.2. The smallest absolute Gasteiger partial charge is 0.259 e. The maximum Gasteiger partial charge on any atom is 0.259 e. The van der Waals surface area contributed by atoms with Crippen LogP contribution in [0.3, 0.4) is 0 Å². The second kappa shape index (κ2) is 8.22. The largest absolute Gasteiger partial charge is 0.456 e. The van der Waals surface area contributed by atoms with Crippen molar-refractivity contribution in [3.05, 3.63) is 72.6 Å². The number of pyridine rings is 1. The molecule has 7 nitrogen and oxygen atoms in total. The van der Waals surface area contributed by atoms with Gasteiger partial charge >= 0.3 is 0 Å². The van der Waals surface area contributed by atoms with Crippen LogP contribution >= 0.6 is 0 Å². The number of hydrogen-bond donors (Lipinski definition) is 0. The van der Waals surface area contributed by atoms with Crippen LogP contribution in [0.2, 0.25) is 0 Å². The number of ether oxygens (including phenoxy) is 1. The SMILES string of the molecule is Cn1ccnc1CN1CCN(C(=O)c2cnccc2Oc2ccccc2)CC1. The van der Waals surface area contributed by atoms with Crippen LogP contribution < -0.4 is 4.74 Å². The van der Waals surface area contributed by atoms with E-state index >= 15 is 0 Å². The maximum atomic E-state index is 13.1. The summed E-state index contributed by atoms with van der Waals surface area (Å²) in [6.45, 7) is 3.76. The van der Waals surface area contributed by atoms with Gasteiger partial charge in [0, 0.05) is 58.0 Å². The summed E-state index contributed by atoms with van der Waals surface area (Å²) in [5.74, 6) is 2.21. The molecular weight excluding hydrogens is 354 g/mol. The Balaban J connectivity index is 1.41. The molecule has 2 aromatic heterocycles. The zero-order valence-corrected chi connectivity index (χ0v) is 15.9.